The largest absolute Gasteiger partial charge is 0.324 e. The van der Waals surface area contributed by atoms with Crippen LogP contribution in [-0.4, -0.2) is 19.7 Å². The lowest BCUT2D eigenvalue weighted by atomic mass is 10.2. The first-order chi connectivity index (χ1) is 8.36. The molecule has 17 heavy (non-hydrogen) atoms. The zero-order valence-electron chi connectivity index (χ0n) is 9.11. The molecule has 84 valence electrons. The van der Waals surface area contributed by atoms with Gasteiger partial charge in [-0.15, -0.1) is 5.10 Å². The number of hydrogen-bond acceptors (Lipinski definition) is 4. The second kappa shape index (κ2) is 3.95. The summed E-state index contributed by atoms with van der Waals surface area (Å²) in [6.45, 7) is 0.334. The van der Waals surface area contributed by atoms with Crippen LogP contribution in [0.25, 0.3) is 16.7 Å². The molecule has 0 atom stereocenters. The van der Waals surface area contributed by atoms with Crippen molar-refractivity contribution in [1.29, 1.82) is 0 Å². The standard InChI is InChI=1S/C12H11N5/c13-7-11-14-8-17(16-11)12-6-5-9-3-1-2-4-10(9)15-12/h1-6,8H,7,13H2. The molecule has 0 bridgehead atoms. The van der Waals surface area contributed by atoms with Crippen molar-refractivity contribution in [3.8, 4) is 5.82 Å². The molecule has 5 nitrogen and oxygen atoms in total. The van der Waals surface area contributed by atoms with Gasteiger partial charge in [0.25, 0.3) is 0 Å². The summed E-state index contributed by atoms with van der Waals surface area (Å²) in [5, 5.41) is 5.33. The first-order valence-electron chi connectivity index (χ1n) is 5.33. The van der Waals surface area contributed by atoms with Crippen molar-refractivity contribution in [3.63, 3.8) is 0 Å². The average molecular weight is 225 g/mol. The summed E-state index contributed by atoms with van der Waals surface area (Å²) in [6.07, 6.45) is 1.62. The van der Waals surface area contributed by atoms with Crippen LogP contribution in [-0.2, 0) is 6.54 Å². The van der Waals surface area contributed by atoms with E-state index >= 15 is 0 Å². The van der Waals surface area contributed by atoms with Crippen molar-refractivity contribution in [1.82, 2.24) is 19.7 Å². The Morgan fingerprint density at radius 1 is 1.12 bits per heavy atom. The molecule has 0 saturated carbocycles. The lowest BCUT2D eigenvalue weighted by molar-refractivity contribution is 0.812. The van der Waals surface area contributed by atoms with E-state index in [9.17, 15) is 0 Å². The smallest absolute Gasteiger partial charge is 0.164 e. The van der Waals surface area contributed by atoms with Crippen molar-refractivity contribution in [2.45, 2.75) is 6.54 Å². The molecule has 2 heterocycles. The molecule has 2 N–H and O–H groups in total. The monoisotopic (exact) mass is 225 g/mol. The minimum atomic E-state index is 0.334. The number of fused-ring (bicyclic) bond motifs is 1. The summed E-state index contributed by atoms with van der Waals surface area (Å²) in [7, 11) is 0. The first kappa shape index (κ1) is 9.92. The maximum Gasteiger partial charge on any atom is 0.164 e. The SMILES string of the molecule is NCc1ncn(-c2ccc3ccccc3n2)n1. The van der Waals surface area contributed by atoms with Gasteiger partial charge in [-0.1, -0.05) is 18.2 Å². The van der Waals surface area contributed by atoms with Crippen molar-refractivity contribution in [2.24, 2.45) is 5.73 Å². The maximum absolute atomic E-state index is 5.47. The van der Waals surface area contributed by atoms with Crippen LogP contribution in [0.15, 0.2) is 42.7 Å². The molecule has 0 aliphatic carbocycles. The van der Waals surface area contributed by atoms with Gasteiger partial charge >= 0.3 is 0 Å². The Kier molecular flexibility index (Phi) is 2.31. The first-order valence-corrected chi connectivity index (χ1v) is 5.33. The van der Waals surface area contributed by atoms with E-state index in [1.165, 1.54) is 0 Å². The molecule has 2 aromatic heterocycles. The fourth-order valence-electron chi connectivity index (χ4n) is 1.68. The number of benzene rings is 1. The van der Waals surface area contributed by atoms with Gasteiger partial charge < -0.3 is 5.73 Å². The topological polar surface area (TPSA) is 69.6 Å². The van der Waals surface area contributed by atoms with Crippen LogP contribution < -0.4 is 5.73 Å². The molecule has 0 radical (unpaired) electrons. The zero-order valence-corrected chi connectivity index (χ0v) is 9.11. The van der Waals surface area contributed by atoms with Crippen molar-refractivity contribution < 1.29 is 0 Å². The number of aromatic nitrogens is 4. The van der Waals surface area contributed by atoms with Gasteiger partial charge in [0.05, 0.1) is 12.1 Å². The van der Waals surface area contributed by atoms with Gasteiger partial charge in [-0.05, 0) is 18.2 Å². The molecule has 0 spiro atoms. The predicted octanol–water partition coefficient (Wildman–Crippen LogP) is 1.27. The van der Waals surface area contributed by atoms with Crippen molar-refractivity contribution in [2.75, 3.05) is 0 Å². The number of para-hydroxylation sites is 1. The highest BCUT2D eigenvalue weighted by molar-refractivity contribution is 5.79. The highest BCUT2D eigenvalue weighted by Gasteiger charge is 2.03. The van der Waals surface area contributed by atoms with E-state index < -0.39 is 0 Å². The van der Waals surface area contributed by atoms with Gasteiger partial charge in [-0.25, -0.2) is 14.6 Å². The van der Waals surface area contributed by atoms with Gasteiger partial charge in [-0.3, -0.25) is 0 Å². The van der Waals surface area contributed by atoms with E-state index in [0.29, 0.717) is 12.4 Å². The number of rotatable bonds is 2. The minimum Gasteiger partial charge on any atom is -0.324 e. The van der Waals surface area contributed by atoms with E-state index in [1.807, 2.05) is 36.4 Å². The van der Waals surface area contributed by atoms with Crippen LogP contribution in [0.1, 0.15) is 5.82 Å². The van der Waals surface area contributed by atoms with E-state index in [-0.39, 0.29) is 0 Å². The molecule has 0 aliphatic rings. The highest BCUT2D eigenvalue weighted by Crippen LogP contribution is 2.13. The Labute approximate surface area is 97.9 Å². The van der Waals surface area contributed by atoms with Crippen molar-refractivity contribution in [3.05, 3.63) is 48.5 Å². The highest BCUT2D eigenvalue weighted by atomic mass is 15.4. The van der Waals surface area contributed by atoms with Crippen molar-refractivity contribution >= 4 is 10.9 Å². The molecule has 0 saturated heterocycles. The Morgan fingerprint density at radius 3 is 2.82 bits per heavy atom. The Balaban J connectivity index is 2.11. The summed E-state index contributed by atoms with van der Waals surface area (Å²) in [5.41, 5.74) is 6.41. The normalized spacial score (nSPS) is 10.9. The minimum absolute atomic E-state index is 0.334. The third-order valence-corrected chi connectivity index (χ3v) is 2.54. The molecular weight excluding hydrogens is 214 g/mol. The zero-order chi connectivity index (χ0) is 11.7. The number of hydrogen-bond donors (Lipinski definition) is 1. The third-order valence-electron chi connectivity index (χ3n) is 2.54. The van der Waals surface area contributed by atoms with E-state index in [1.54, 1.807) is 11.0 Å². The molecule has 3 aromatic rings. The van der Waals surface area contributed by atoms with Crippen LogP contribution in [0.3, 0.4) is 0 Å². The summed E-state index contributed by atoms with van der Waals surface area (Å²) in [4.78, 5) is 8.59. The fraction of sp³-hybridized carbons (Fsp3) is 0.0833. The van der Waals surface area contributed by atoms with Gasteiger partial charge in [0.1, 0.15) is 6.33 Å². The Morgan fingerprint density at radius 2 is 2.00 bits per heavy atom. The quantitative estimate of drug-likeness (QED) is 0.713. The third kappa shape index (κ3) is 1.76. The van der Waals surface area contributed by atoms with E-state index in [4.69, 9.17) is 5.73 Å². The van der Waals surface area contributed by atoms with Crippen LogP contribution >= 0.6 is 0 Å². The van der Waals surface area contributed by atoms with Gasteiger partial charge in [0.15, 0.2) is 11.6 Å². The molecule has 0 fully saturated rings. The number of nitrogens with zero attached hydrogens (tertiary/aromatic N) is 4. The average Bonchev–Trinajstić information content (AvgIpc) is 2.87. The maximum atomic E-state index is 5.47. The number of nitrogens with two attached hydrogens (primary N) is 1. The van der Waals surface area contributed by atoms with Crippen LogP contribution in [0.2, 0.25) is 0 Å². The van der Waals surface area contributed by atoms with Crippen LogP contribution in [0.5, 0.6) is 0 Å². The second-order valence-electron chi connectivity index (χ2n) is 3.67. The molecule has 3 rings (SSSR count). The summed E-state index contributed by atoms with van der Waals surface area (Å²) in [5.74, 6) is 1.36. The molecular formula is C12H11N5. The lowest BCUT2D eigenvalue weighted by Gasteiger charge is -2.01. The lowest BCUT2D eigenvalue weighted by Crippen LogP contribution is -2.02. The summed E-state index contributed by atoms with van der Waals surface area (Å²) < 4.78 is 1.63. The Bertz CT molecular complexity index is 659. The fourth-order valence-corrected chi connectivity index (χ4v) is 1.68. The van der Waals surface area contributed by atoms with Gasteiger partial charge in [-0.2, -0.15) is 0 Å². The molecule has 5 heteroatoms. The second-order valence-corrected chi connectivity index (χ2v) is 3.67. The predicted molar refractivity (Wildman–Crippen MR) is 64.6 cm³/mol. The molecule has 0 unspecified atom stereocenters. The molecule has 0 aliphatic heterocycles. The number of pyridine rings is 1. The van der Waals surface area contributed by atoms with E-state index in [0.717, 1.165) is 16.7 Å². The Hall–Kier alpha value is -2.27. The van der Waals surface area contributed by atoms with Crippen LogP contribution in [0.4, 0.5) is 0 Å². The van der Waals surface area contributed by atoms with Gasteiger partial charge in [0, 0.05) is 5.39 Å². The van der Waals surface area contributed by atoms with E-state index in [2.05, 4.69) is 15.1 Å². The van der Waals surface area contributed by atoms with Crippen LogP contribution in [0, 0.1) is 0 Å². The summed E-state index contributed by atoms with van der Waals surface area (Å²) in [6, 6.07) is 11.9. The summed E-state index contributed by atoms with van der Waals surface area (Å²) >= 11 is 0. The molecule has 1 aromatic carbocycles. The van der Waals surface area contributed by atoms with Gasteiger partial charge in [0.2, 0.25) is 0 Å². The molecule has 0 amide bonds.